The van der Waals surface area contributed by atoms with Crippen molar-refractivity contribution in [3.8, 4) is 6.07 Å². The molecule has 1 aromatic carbocycles. The Hall–Kier alpha value is -1.33. The van der Waals surface area contributed by atoms with E-state index in [0.717, 1.165) is 11.1 Å². The van der Waals surface area contributed by atoms with Crippen LogP contribution in [-0.2, 0) is 4.79 Å². The average molecular weight is 222 g/mol. The summed E-state index contributed by atoms with van der Waals surface area (Å²) in [7, 11) is 0. The lowest BCUT2D eigenvalue weighted by molar-refractivity contribution is -0.118. The fraction of sp³-hybridized carbons (Fsp3) is 0.333. The van der Waals surface area contributed by atoms with E-state index in [9.17, 15) is 4.79 Å². The summed E-state index contributed by atoms with van der Waals surface area (Å²) in [4.78, 5) is 11.4. The molecule has 0 amide bonds. The van der Waals surface area contributed by atoms with Crippen molar-refractivity contribution in [2.24, 2.45) is 0 Å². The molecule has 0 heterocycles. The molecule has 1 unspecified atom stereocenters. The molecule has 2 nitrogen and oxygen atoms in total. The van der Waals surface area contributed by atoms with Crippen molar-refractivity contribution in [3.63, 3.8) is 0 Å². The van der Waals surface area contributed by atoms with Gasteiger partial charge in [0.25, 0.3) is 0 Å². The third kappa shape index (κ3) is 2.81. The molecule has 0 saturated carbocycles. The van der Waals surface area contributed by atoms with E-state index in [1.165, 1.54) is 6.92 Å². The normalized spacial score (nSPS) is 11.9. The van der Waals surface area contributed by atoms with E-state index in [1.54, 1.807) is 6.07 Å². The highest BCUT2D eigenvalue weighted by Crippen LogP contribution is 2.28. The second kappa shape index (κ2) is 4.95. The van der Waals surface area contributed by atoms with Gasteiger partial charge in [-0.2, -0.15) is 5.26 Å². The average Bonchev–Trinajstić information content (AvgIpc) is 2.18. The maximum absolute atomic E-state index is 11.4. The zero-order valence-electron chi connectivity index (χ0n) is 8.75. The minimum Gasteiger partial charge on any atom is -0.299 e. The number of nitriles is 1. The van der Waals surface area contributed by atoms with Crippen LogP contribution in [-0.4, -0.2) is 5.78 Å². The van der Waals surface area contributed by atoms with Crippen LogP contribution in [0.3, 0.4) is 0 Å². The maximum atomic E-state index is 11.4. The fourth-order valence-corrected chi connectivity index (χ4v) is 1.74. The number of ketones is 1. The largest absolute Gasteiger partial charge is 0.299 e. The van der Waals surface area contributed by atoms with Gasteiger partial charge in [0.1, 0.15) is 5.78 Å². The molecule has 0 aromatic heterocycles. The number of aryl methyl sites for hydroxylation is 1. The lowest BCUT2D eigenvalue weighted by Gasteiger charge is -2.12. The van der Waals surface area contributed by atoms with E-state index in [0.29, 0.717) is 5.02 Å². The third-order valence-electron chi connectivity index (χ3n) is 2.31. The standard InChI is InChI=1S/C12H12ClNO/c1-8-3-4-12(13)11(7-8)10(5-6-14)9(2)15/h3-4,7,10H,5H2,1-2H3. The van der Waals surface area contributed by atoms with Crippen LogP contribution in [0.5, 0.6) is 0 Å². The van der Waals surface area contributed by atoms with Gasteiger partial charge in [-0.3, -0.25) is 4.79 Å². The molecule has 0 aliphatic carbocycles. The van der Waals surface area contributed by atoms with Gasteiger partial charge in [-0.1, -0.05) is 29.3 Å². The van der Waals surface area contributed by atoms with Crippen LogP contribution in [0.4, 0.5) is 0 Å². The number of rotatable bonds is 3. The number of hydrogen-bond acceptors (Lipinski definition) is 2. The first-order chi connectivity index (χ1) is 7.06. The van der Waals surface area contributed by atoms with Crippen molar-refractivity contribution in [2.45, 2.75) is 26.2 Å². The zero-order valence-corrected chi connectivity index (χ0v) is 9.51. The third-order valence-corrected chi connectivity index (χ3v) is 2.66. The highest BCUT2D eigenvalue weighted by Gasteiger charge is 2.19. The molecule has 0 saturated heterocycles. The molecule has 0 fully saturated rings. The highest BCUT2D eigenvalue weighted by atomic mass is 35.5. The molecule has 1 atom stereocenters. The van der Waals surface area contributed by atoms with Crippen LogP contribution in [0.25, 0.3) is 0 Å². The van der Waals surface area contributed by atoms with Gasteiger partial charge in [0.15, 0.2) is 0 Å². The Morgan fingerprint density at radius 2 is 2.27 bits per heavy atom. The summed E-state index contributed by atoms with van der Waals surface area (Å²) in [5.41, 5.74) is 1.80. The van der Waals surface area contributed by atoms with E-state index in [1.807, 2.05) is 25.1 Å². The SMILES string of the molecule is CC(=O)C(CC#N)c1cc(C)ccc1Cl. The van der Waals surface area contributed by atoms with E-state index in [-0.39, 0.29) is 12.2 Å². The first-order valence-electron chi connectivity index (χ1n) is 4.69. The summed E-state index contributed by atoms with van der Waals surface area (Å²) >= 11 is 6.01. The van der Waals surface area contributed by atoms with Crippen LogP contribution >= 0.6 is 11.6 Å². The molecule has 15 heavy (non-hydrogen) atoms. The molecule has 3 heteroatoms. The number of carbonyl (C=O) groups excluding carboxylic acids is 1. The number of benzene rings is 1. The summed E-state index contributed by atoms with van der Waals surface area (Å²) in [5, 5.41) is 9.21. The number of nitrogens with zero attached hydrogens (tertiary/aromatic N) is 1. The van der Waals surface area contributed by atoms with Crippen molar-refractivity contribution in [1.82, 2.24) is 0 Å². The van der Waals surface area contributed by atoms with Gasteiger partial charge in [0, 0.05) is 11.4 Å². The van der Waals surface area contributed by atoms with E-state index in [2.05, 4.69) is 0 Å². The smallest absolute Gasteiger partial charge is 0.138 e. The first kappa shape index (κ1) is 11.7. The zero-order chi connectivity index (χ0) is 11.4. The van der Waals surface area contributed by atoms with Crippen molar-refractivity contribution in [1.29, 1.82) is 5.26 Å². The van der Waals surface area contributed by atoms with Crippen molar-refractivity contribution in [2.75, 3.05) is 0 Å². The van der Waals surface area contributed by atoms with Gasteiger partial charge in [-0.25, -0.2) is 0 Å². The Kier molecular flexibility index (Phi) is 3.88. The van der Waals surface area contributed by atoms with Gasteiger partial charge >= 0.3 is 0 Å². The Labute approximate surface area is 94.5 Å². The van der Waals surface area contributed by atoms with Crippen LogP contribution in [0.1, 0.15) is 30.4 Å². The lowest BCUT2D eigenvalue weighted by atomic mass is 9.92. The highest BCUT2D eigenvalue weighted by molar-refractivity contribution is 6.31. The summed E-state index contributed by atoms with van der Waals surface area (Å²) in [6.07, 6.45) is 0.179. The first-order valence-corrected chi connectivity index (χ1v) is 5.07. The van der Waals surface area contributed by atoms with Gasteiger partial charge in [0.2, 0.25) is 0 Å². The van der Waals surface area contributed by atoms with Crippen molar-refractivity contribution >= 4 is 17.4 Å². The Morgan fingerprint density at radius 1 is 1.60 bits per heavy atom. The number of halogens is 1. The monoisotopic (exact) mass is 221 g/mol. The van der Waals surface area contributed by atoms with Crippen LogP contribution in [0.15, 0.2) is 18.2 Å². The minimum absolute atomic E-state index is 0.0240. The van der Waals surface area contributed by atoms with Crippen LogP contribution < -0.4 is 0 Å². The fourth-order valence-electron chi connectivity index (χ4n) is 1.49. The van der Waals surface area contributed by atoms with Crippen molar-refractivity contribution < 1.29 is 4.79 Å². The molecule has 0 spiro atoms. The van der Waals surface area contributed by atoms with E-state index < -0.39 is 5.92 Å². The number of Topliss-reactive ketones (excluding diaryl/α,β-unsaturated/α-hetero) is 1. The summed E-state index contributed by atoms with van der Waals surface area (Å²) < 4.78 is 0. The quantitative estimate of drug-likeness (QED) is 0.786. The maximum Gasteiger partial charge on any atom is 0.138 e. The van der Waals surface area contributed by atoms with E-state index >= 15 is 0 Å². The van der Waals surface area contributed by atoms with Crippen LogP contribution in [0.2, 0.25) is 5.02 Å². The van der Waals surface area contributed by atoms with Gasteiger partial charge in [0.05, 0.1) is 12.0 Å². The van der Waals surface area contributed by atoms with Crippen LogP contribution in [0, 0.1) is 18.3 Å². The molecule has 78 valence electrons. The Balaban J connectivity index is 3.16. The van der Waals surface area contributed by atoms with Crippen molar-refractivity contribution in [3.05, 3.63) is 34.3 Å². The number of carbonyl (C=O) groups is 1. The second-order valence-electron chi connectivity index (χ2n) is 3.55. The Morgan fingerprint density at radius 3 is 2.80 bits per heavy atom. The van der Waals surface area contributed by atoms with E-state index in [4.69, 9.17) is 16.9 Å². The summed E-state index contributed by atoms with van der Waals surface area (Å²) in [6, 6.07) is 7.53. The Bertz CT molecular complexity index is 420. The van der Waals surface area contributed by atoms with Gasteiger partial charge in [-0.15, -0.1) is 0 Å². The predicted octanol–water partition coefficient (Wildman–Crippen LogP) is 3.23. The minimum atomic E-state index is -0.401. The van der Waals surface area contributed by atoms with Gasteiger partial charge < -0.3 is 0 Å². The molecule has 0 aliphatic rings. The molecular formula is C12H12ClNO. The van der Waals surface area contributed by atoms with Gasteiger partial charge in [-0.05, 0) is 25.5 Å². The molecule has 0 aliphatic heterocycles. The molecule has 1 aromatic rings. The molecule has 0 bridgehead atoms. The molecular weight excluding hydrogens is 210 g/mol. The molecule has 0 radical (unpaired) electrons. The topological polar surface area (TPSA) is 40.9 Å². The predicted molar refractivity (Wildman–Crippen MR) is 59.8 cm³/mol. The second-order valence-corrected chi connectivity index (χ2v) is 3.96. The lowest BCUT2D eigenvalue weighted by Crippen LogP contribution is -2.09. The number of hydrogen-bond donors (Lipinski definition) is 0. The summed E-state index contributed by atoms with van der Waals surface area (Å²) in [5.74, 6) is -0.425. The molecule has 1 rings (SSSR count). The summed E-state index contributed by atoms with van der Waals surface area (Å²) in [6.45, 7) is 3.42. The molecule has 0 N–H and O–H groups in total.